The normalized spacial score (nSPS) is 11.8. The highest BCUT2D eigenvalue weighted by atomic mass is 19.2. The number of benzene rings is 1. The minimum Gasteiger partial charge on any atom is -0.487 e. The van der Waals surface area contributed by atoms with Crippen LogP contribution in [0, 0.1) is 29.1 Å². The Balaban J connectivity index is 2.96. The Morgan fingerprint density at radius 3 is 1.67 bits per heavy atom. The molecular weight excluding hydrogens is 259 g/mol. The Bertz CT molecular complexity index is 425. The van der Waals surface area contributed by atoms with Gasteiger partial charge in [-0.2, -0.15) is 8.78 Å². The van der Waals surface area contributed by atoms with Crippen molar-refractivity contribution >= 4 is 0 Å². The van der Waals surface area contributed by atoms with Gasteiger partial charge in [-0.25, -0.2) is 13.2 Å². The zero-order valence-corrected chi connectivity index (χ0v) is 9.66. The maximum Gasteiger partial charge on any atom is 0.206 e. The molecule has 0 aliphatic rings. The van der Waals surface area contributed by atoms with Gasteiger partial charge in [-0.05, 0) is 13.8 Å². The fourth-order valence-electron chi connectivity index (χ4n) is 1.11. The highest BCUT2D eigenvalue weighted by Gasteiger charge is 2.27. The highest BCUT2D eigenvalue weighted by Crippen LogP contribution is 2.29. The van der Waals surface area contributed by atoms with Gasteiger partial charge in [0.1, 0.15) is 0 Å². The van der Waals surface area contributed by atoms with E-state index in [1.165, 1.54) is 13.8 Å². The van der Waals surface area contributed by atoms with E-state index < -0.39 is 40.4 Å². The van der Waals surface area contributed by atoms with Crippen LogP contribution in [0.2, 0.25) is 0 Å². The Kier molecular flexibility index (Phi) is 4.16. The quantitative estimate of drug-likeness (QED) is 0.518. The van der Waals surface area contributed by atoms with E-state index in [2.05, 4.69) is 4.74 Å². The molecule has 0 saturated heterocycles. The van der Waals surface area contributed by atoms with Gasteiger partial charge in [0, 0.05) is 6.42 Å². The highest BCUT2D eigenvalue weighted by molar-refractivity contribution is 5.29. The smallest absolute Gasteiger partial charge is 0.206 e. The molecule has 0 amide bonds. The van der Waals surface area contributed by atoms with Crippen LogP contribution in [0.5, 0.6) is 5.75 Å². The van der Waals surface area contributed by atoms with E-state index in [-0.39, 0.29) is 13.0 Å². The summed E-state index contributed by atoms with van der Waals surface area (Å²) in [5.74, 6) is -11.8. The fraction of sp³-hybridized carbons (Fsp3) is 0.455. The minimum absolute atomic E-state index is 0.0352. The van der Waals surface area contributed by atoms with Gasteiger partial charge in [0.05, 0.1) is 12.2 Å². The number of halogens is 5. The van der Waals surface area contributed by atoms with Crippen LogP contribution in [-0.2, 0) is 0 Å². The Hall–Kier alpha value is -1.37. The summed E-state index contributed by atoms with van der Waals surface area (Å²) in [5.41, 5.74) is -1.18. The lowest BCUT2D eigenvalue weighted by Crippen LogP contribution is -2.22. The van der Waals surface area contributed by atoms with E-state index in [1.807, 2.05) is 0 Å². The van der Waals surface area contributed by atoms with Crippen LogP contribution in [0.4, 0.5) is 22.0 Å². The molecule has 1 N–H and O–H groups in total. The third-order valence-corrected chi connectivity index (χ3v) is 2.13. The van der Waals surface area contributed by atoms with Crippen LogP contribution in [-0.4, -0.2) is 17.3 Å². The van der Waals surface area contributed by atoms with Gasteiger partial charge in [-0.15, -0.1) is 0 Å². The van der Waals surface area contributed by atoms with Crippen molar-refractivity contribution in [1.29, 1.82) is 0 Å². The molecule has 0 unspecified atom stereocenters. The Labute approximate surface area is 100.0 Å². The van der Waals surface area contributed by atoms with E-state index in [1.54, 1.807) is 0 Å². The Morgan fingerprint density at radius 1 is 0.889 bits per heavy atom. The molecule has 0 saturated carbocycles. The first-order valence-corrected chi connectivity index (χ1v) is 5.01. The van der Waals surface area contributed by atoms with Crippen molar-refractivity contribution < 1.29 is 31.8 Å². The van der Waals surface area contributed by atoms with Crippen molar-refractivity contribution in [2.75, 3.05) is 6.61 Å². The van der Waals surface area contributed by atoms with Crippen LogP contribution in [0.25, 0.3) is 0 Å². The van der Waals surface area contributed by atoms with Gasteiger partial charge in [-0.3, -0.25) is 0 Å². The van der Waals surface area contributed by atoms with Crippen molar-refractivity contribution in [2.45, 2.75) is 25.9 Å². The first-order valence-electron chi connectivity index (χ1n) is 5.01. The lowest BCUT2D eigenvalue weighted by molar-refractivity contribution is 0.0537. The summed E-state index contributed by atoms with van der Waals surface area (Å²) in [6, 6.07) is 0. The van der Waals surface area contributed by atoms with Crippen LogP contribution in [0.15, 0.2) is 0 Å². The molecule has 0 bridgehead atoms. The number of rotatable bonds is 4. The predicted octanol–water partition coefficient (Wildman–Crippen LogP) is 2.92. The summed E-state index contributed by atoms with van der Waals surface area (Å²) in [7, 11) is 0. The van der Waals surface area contributed by atoms with E-state index in [9.17, 15) is 27.1 Å². The second-order valence-corrected chi connectivity index (χ2v) is 4.31. The molecule has 0 atom stereocenters. The summed E-state index contributed by atoms with van der Waals surface area (Å²) in [4.78, 5) is 0. The summed E-state index contributed by atoms with van der Waals surface area (Å²) in [6.07, 6.45) is -0.0352. The second-order valence-electron chi connectivity index (χ2n) is 4.31. The van der Waals surface area contributed by atoms with Gasteiger partial charge >= 0.3 is 0 Å². The third kappa shape index (κ3) is 3.10. The summed E-state index contributed by atoms with van der Waals surface area (Å²) < 4.78 is 69.0. The zero-order chi connectivity index (χ0) is 14.1. The molecule has 2 nitrogen and oxygen atoms in total. The monoisotopic (exact) mass is 270 g/mol. The minimum atomic E-state index is -2.24. The summed E-state index contributed by atoms with van der Waals surface area (Å²) in [6.45, 7) is 2.44. The molecule has 0 aliphatic heterocycles. The van der Waals surface area contributed by atoms with Crippen LogP contribution < -0.4 is 4.74 Å². The number of ether oxygens (including phenoxy) is 1. The van der Waals surface area contributed by atoms with Gasteiger partial charge < -0.3 is 9.84 Å². The van der Waals surface area contributed by atoms with E-state index >= 15 is 0 Å². The molecule has 1 aromatic rings. The predicted molar refractivity (Wildman–Crippen MR) is 52.6 cm³/mol. The van der Waals surface area contributed by atoms with Crippen molar-refractivity contribution in [1.82, 2.24) is 0 Å². The van der Waals surface area contributed by atoms with Gasteiger partial charge in [0.15, 0.2) is 5.75 Å². The maximum atomic E-state index is 13.1. The SMILES string of the molecule is CC(C)(O)CCOc1c(F)c(F)c(F)c(F)c1F. The van der Waals surface area contributed by atoms with Crippen LogP contribution in [0.1, 0.15) is 20.3 Å². The summed E-state index contributed by atoms with van der Waals surface area (Å²) in [5, 5.41) is 9.31. The molecular formula is C11H11F5O2. The largest absolute Gasteiger partial charge is 0.487 e. The standard InChI is InChI=1S/C11H11F5O2/c1-11(2,17)3-4-18-10-8(15)6(13)5(12)7(14)9(10)16/h17H,3-4H2,1-2H3. The topological polar surface area (TPSA) is 29.5 Å². The van der Waals surface area contributed by atoms with Gasteiger partial charge in [-0.1, -0.05) is 0 Å². The average molecular weight is 270 g/mol. The number of hydrogen-bond donors (Lipinski definition) is 1. The van der Waals surface area contributed by atoms with Crippen LogP contribution >= 0.6 is 0 Å². The fourth-order valence-corrected chi connectivity index (χ4v) is 1.11. The Morgan fingerprint density at radius 2 is 1.28 bits per heavy atom. The lowest BCUT2D eigenvalue weighted by Gasteiger charge is -2.17. The van der Waals surface area contributed by atoms with E-state index in [0.717, 1.165) is 0 Å². The maximum absolute atomic E-state index is 13.1. The molecule has 0 heterocycles. The number of hydrogen-bond acceptors (Lipinski definition) is 2. The lowest BCUT2D eigenvalue weighted by atomic mass is 10.1. The van der Waals surface area contributed by atoms with Gasteiger partial charge in [0.2, 0.25) is 29.1 Å². The van der Waals surface area contributed by atoms with Crippen molar-refractivity contribution in [3.63, 3.8) is 0 Å². The summed E-state index contributed by atoms with van der Waals surface area (Å²) >= 11 is 0. The van der Waals surface area contributed by atoms with Crippen molar-refractivity contribution in [2.24, 2.45) is 0 Å². The molecule has 7 heteroatoms. The van der Waals surface area contributed by atoms with Crippen molar-refractivity contribution in [3.05, 3.63) is 29.1 Å². The molecule has 0 aromatic heterocycles. The molecule has 1 aromatic carbocycles. The van der Waals surface area contributed by atoms with Crippen LogP contribution in [0.3, 0.4) is 0 Å². The average Bonchev–Trinajstić information content (AvgIpc) is 2.27. The molecule has 1 rings (SSSR count). The molecule has 0 aliphatic carbocycles. The van der Waals surface area contributed by atoms with Gasteiger partial charge in [0.25, 0.3) is 0 Å². The molecule has 0 radical (unpaired) electrons. The van der Waals surface area contributed by atoms with E-state index in [0.29, 0.717) is 0 Å². The zero-order valence-electron chi connectivity index (χ0n) is 9.66. The molecule has 0 spiro atoms. The first-order chi connectivity index (χ1) is 8.15. The van der Waals surface area contributed by atoms with Crippen molar-refractivity contribution in [3.8, 4) is 5.75 Å². The molecule has 102 valence electrons. The molecule has 18 heavy (non-hydrogen) atoms. The molecule has 0 fully saturated rings. The van der Waals surface area contributed by atoms with E-state index in [4.69, 9.17) is 0 Å². The first kappa shape index (κ1) is 14.7. The third-order valence-electron chi connectivity index (χ3n) is 2.13. The number of aliphatic hydroxyl groups is 1. The second kappa shape index (κ2) is 5.09.